The van der Waals surface area contributed by atoms with Crippen molar-refractivity contribution in [2.45, 2.75) is 17.4 Å². The second-order valence-electron chi connectivity index (χ2n) is 5.45. The third kappa shape index (κ3) is 3.00. The minimum Gasteiger partial charge on any atom is -0.331 e. The van der Waals surface area contributed by atoms with Crippen molar-refractivity contribution in [1.82, 2.24) is 9.62 Å². The lowest BCUT2D eigenvalue weighted by Crippen LogP contribution is -2.45. The monoisotopic (exact) mass is 330 g/mol. The predicted molar refractivity (Wildman–Crippen MR) is 87.5 cm³/mol. The first-order chi connectivity index (χ1) is 11.0. The molecule has 1 heterocycles. The maximum Gasteiger partial charge on any atom is 0.254 e. The molecule has 2 aromatic carbocycles. The molecule has 0 spiro atoms. The average Bonchev–Trinajstić information content (AvgIpc) is 2.55. The van der Waals surface area contributed by atoms with Crippen LogP contribution in [-0.2, 0) is 10.0 Å². The van der Waals surface area contributed by atoms with Crippen LogP contribution in [0, 0.1) is 0 Å². The molecule has 0 bridgehead atoms. The van der Waals surface area contributed by atoms with Gasteiger partial charge < -0.3 is 4.90 Å². The number of rotatable bonds is 4. The fraction of sp³-hybridized carbons (Fsp3) is 0.235. The van der Waals surface area contributed by atoms with Crippen molar-refractivity contribution < 1.29 is 13.2 Å². The van der Waals surface area contributed by atoms with E-state index < -0.39 is 10.0 Å². The Hall–Kier alpha value is -2.18. The molecule has 6 heteroatoms. The summed E-state index contributed by atoms with van der Waals surface area (Å²) in [5.74, 6) is -0.0708. The second-order valence-corrected chi connectivity index (χ2v) is 7.33. The third-order valence-corrected chi connectivity index (χ3v) is 5.58. The van der Waals surface area contributed by atoms with Crippen molar-refractivity contribution in [1.29, 1.82) is 0 Å². The van der Waals surface area contributed by atoms with Gasteiger partial charge in [0.2, 0.25) is 10.0 Å². The number of sulfonamides is 1. The van der Waals surface area contributed by atoms with E-state index in [1.54, 1.807) is 12.1 Å². The number of amides is 1. The zero-order valence-corrected chi connectivity index (χ0v) is 13.6. The van der Waals surface area contributed by atoms with Crippen LogP contribution in [0.15, 0.2) is 59.5 Å². The minimum absolute atomic E-state index is 0.0708. The van der Waals surface area contributed by atoms with Gasteiger partial charge in [-0.2, -0.15) is 0 Å². The Morgan fingerprint density at radius 2 is 1.74 bits per heavy atom. The number of benzene rings is 2. The van der Waals surface area contributed by atoms with E-state index in [1.165, 1.54) is 19.2 Å². The van der Waals surface area contributed by atoms with Crippen molar-refractivity contribution in [3.8, 4) is 0 Å². The maximum atomic E-state index is 12.6. The first-order valence-electron chi connectivity index (χ1n) is 7.42. The summed E-state index contributed by atoms with van der Waals surface area (Å²) in [6, 6.07) is 16.1. The van der Waals surface area contributed by atoms with E-state index in [2.05, 4.69) is 4.72 Å². The highest BCUT2D eigenvalue weighted by Gasteiger charge is 2.33. The van der Waals surface area contributed by atoms with E-state index in [4.69, 9.17) is 0 Å². The van der Waals surface area contributed by atoms with Gasteiger partial charge in [-0.25, -0.2) is 13.1 Å². The number of carbonyl (C=O) groups excluding carboxylic acids is 1. The quantitative estimate of drug-likeness (QED) is 0.934. The van der Waals surface area contributed by atoms with Gasteiger partial charge in [-0.1, -0.05) is 30.3 Å². The summed E-state index contributed by atoms with van der Waals surface area (Å²) in [6.45, 7) is 0.717. The van der Waals surface area contributed by atoms with Crippen LogP contribution < -0.4 is 4.72 Å². The van der Waals surface area contributed by atoms with Crippen LogP contribution >= 0.6 is 0 Å². The highest BCUT2D eigenvalue weighted by molar-refractivity contribution is 7.89. The first-order valence-corrected chi connectivity index (χ1v) is 8.91. The lowest BCUT2D eigenvalue weighted by atomic mass is 9.94. The highest BCUT2D eigenvalue weighted by Crippen LogP contribution is 2.34. The Bertz CT molecular complexity index is 801. The number of hydrogen-bond donors (Lipinski definition) is 1. The van der Waals surface area contributed by atoms with Crippen LogP contribution in [0.3, 0.4) is 0 Å². The molecular formula is C17H18N2O3S. The number of nitrogens with zero attached hydrogens (tertiary/aromatic N) is 1. The summed E-state index contributed by atoms with van der Waals surface area (Å²) in [5.41, 5.74) is 1.63. The van der Waals surface area contributed by atoms with Crippen LogP contribution in [0.2, 0.25) is 0 Å². The molecule has 23 heavy (non-hydrogen) atoms. The number of carbonyl (C=O) groups is 1. The molecule has 1 fully saturated rings. The van der Waals surface area contributed by atoms with E-state index in [-0.39, 0.29) is 16.8 Å². The maximum absolute atomic E-state index is 12.6. The molecule has 1 N–H and O–H groups in total. The Kier molecular flexibility index (Phi) is 4.19. The minimum atomic E-state index is -3.48. The molecule has 1 unspecified atom stereocenters. The van der Waals surface area contributed by atoms with E-state index >= 15 is 0 Å². The Labute approximate surface area is 136 Å². The SMILES string of the molecule is CNS(=O)(=O)c1ccc(C(=O)N2CCC2c2ccccc2)cc1. The number of hydrogen-bond acceptors (Lipinski definition) is 3. The lowest BCUT2D eigenvalue weighted by Gasteiger charge is -2.41. The Morgan fingerprint density at radius 1 is 1.09 bits per heavy atom. The molecule has 1 atom stereocenters. The molecule has 0 radical (unpaired) electrons. The standard InChI is InChI=1S/C17H18N2O3S/c1-18-23(21,22)15-9-7-14(8-10-15)17(20)19-12-11-16(19)13-5-3-2-4-6-13/h2-10,16,18H,11-12H2,1H3. The summed E-state index contributed by atoms with van der Waals surface area (Å²) in [6.07, 6.45) is 0.946. The first kappa shape index (κ1) is 15.7. The molecule has 1 amide bonds. The van der Waals surface area contributed by atoms with E-state index in [0.717, 1.165) is 18.5 Å². The summed E-state index contributed by atoms with van der Waals surface area (Å²) in [5, 5.41) is 0. The molecular weight excluding hydrogens is 312 g/mol. The fourth-order valence-electron chi connectivity index (χ4n) is 2.71. The topological polar surface area (TPSA) is 66.5 Å². The van der Waals surface area contributed by atoms with Crippen molar-refractivity contribution in [2.24, 2.45) is 0 Å². The predicted octanol–water partition coefficient (Wildman–Crippen LogP) is 2.18. The molecule has 1 aliphatic heterocycles. The molecule has 1 aliphatic rings. The summed E-state index contributed by atoms with van der Waals surface area (Å²) in [7, 11) is -2.12. The van der Waals surface area contributed by atoms with E-state index in [9.17, 15) is 13.2 Å². The van der Waals surface area contributed by atoms with Gasteiger partial charge in [0.25, 0.3) is 5.91 Å². The number of likely N-dealkylation sites (tertiary alicyclic amines) is 1. The van der Waals surface area contributed by atoms with Gasteiger partial charge in [0.15, 0.2) is 0 Å². The number of nitrogens with one attached hydrogen (secondary N) is 1. The second kappa shape index (κ2) is 6.14. The van der Waals surface area contributed by atoms with Crippen LogP contribution in [-0.4, -0.2) is 32.8 Å². The average molecular weight is 330 g/mol. The third-order valence-electron chi connectivity index (χ3n) is 4.15. The van der Waals surface area contributed by atoms with Crippen LogP contribution in [0.4, 0.5) is 0 Å². The normalized spacial score (nSPS) is 17.6. The van der Waals surface area contributed by atoms with Crippen molar-refractivity contribution in [2.75, 3.05) is 13.6 Å². The smallest absolute Gasteiger partial charge is 0.254 e. The summed E-state index contributed by atoms with van der Waals surface area (Å²) >= 11 is 0. The molecule has 0 aromatic heterocycles. The van der Waals surface area contributed by atoms with Gasteiger partial charge in [-0.3, -0.25) is 4.79 Å². The van der Waals surface area contributed by atoms with Gasteiger partial charge in [-0.05, 0) is 43.3 Å². The largest absolute Gasteiger partial charge is 0.331 e. The Balaban J connectivity index is 1.79. The summed E-state index contributed by atoms with van der Waals surface area (Å²) < 4.78 is 25.7. The van der Waals surface area contributed by atoms with Crippen molar-refractivity contribution in [3.63, 3.8) is 0 Å². The highest BCUT2D eigenvalue weighted by atomic mass is 32.2. The molecule has 3 rings (SSSR count). The van der Waals surface area contributed by atoms with Gasteiger partial charge in [-0.15, -0.1) is 0 Å². The van der Waals surface area contributed by atoms with Crippen molar-refractivity contribution >= 4 is 15.9 Å². The van der Waals surface area contributed by atoms with Crippen molar-refractivity contribution in [3.05, 3.63) is 65.7 Å². The molecule has 5 nitrogen and oxygen atoms in total. The molecule has 1 saturated heterocycles. The van der Waals surface area contributed by atoms with E-state index in [1.807, 2.05) is 35.2 Å². The van der Waals surface area contributed by atoms with E-state index in [0.29, 0.717) is 5.56 Å². The van der Waals surface area contributed by atoms with Crippen LogP contribution in [0.25, 0.3) is 0 Å². The van der Waals surface area contributed by atoms with Gasteiger partial charge in [0, 0.05) is 12.1 Å². The van der Waals surface area contributed by atoms with Crippen LogP contribution in [0.5, 0.6) is 0 Å². The van der Waals surface area contributed by atoms with Gasteiger partial charge in [0.1, 0.15) is 0 Å². The Morgan fingerprint density at radius 3 is 2.26 bits per heavy atom. The molecule has 120 valence electrons. The van der Waals surface area contributed by atoms with Gasteiger partial charge >= 0.3 is 0 Å². The zero-order chi connectivity index (χ0) is 16.4. The molecule has 0 aliphatic carbocycles. The molecule has 2 aromatic rings. The lowest BCUT2D eigenvalue weighted by molar-refractivity contribution is 0.0460. The zero-order valence-electron chi connectivity index (χ0n) is 12.8. The fourth-order valence-corrected chi connectivity index (χ4v) is 3.44. The van der Waals surface area contributed by atoms with Crippen LogP contribution in [0.1, 0.15) is 28.4 Å². The molecule has 0 saturated carbocycles. The summed E-state index contributed by atoms with van der Waals surface area (Å²) in [4.78, 5) is 14.6. The van der Waals surface area contributed by atoms with Gasteiger partial charge in [0.05, 0.1) is 10.9 Å².